The number of sulfonamides is 1. The van der Waals surface area contributed by atoms with Gasteiger partial charge in [0.2, 0.25) is 0 Å². The zero-order valence-corrected chi connectivity index (χ0v) is 11.1. The smallest absolute Gasteiger partial charge is 0.305 e. The van der Waals surface area contributed by atoms with Crippen LogP contribution in [-0.2, 0) is 16.6 Å². The number of nitrogens with one attached hydrogen (secondary N) is 2. The monoisotopic (exact) mass is 285 g/mol. The van der Waals surface area contributed by atoms with Gasteiger partial charge in [-0.05, 0) is 19.1 Å². The second-order valence-corrected chi connectivity index (χ2v) is 6.52. The van der Waals surface area contributed by atoms with E-state index >= 15 is 0 Å². The van der Waals surface area contributed by atoms with Crippen molar-refractivity contribution < 1.29 is 8.42 Å². The molecule has 0 spiro atoms. The van der Waals surface area contributed by atoms with Gasteiger partial charge in [0.05, 0.1) is 12.2 Å². The maximum atomic E-state index is 12.0. The number of hydrogen-bond acceptors (Lipinski definition) is 5. The Bertz CT molecular complexity index is 689. The van der Waals surface area contributed by atoms with E-state index in [0.717, 1.165) is 0 Å². The molecule has 0 aromatic carbocycles. The van der Waals surface area contributed by atoms with Crippen molar-refractivity contribution in [2.24, 2.45) is 0 Å². The van der Waals surface area contributed by atoms with Gasteiger partial charge in [-0.2, -0.15) is 0 Å². The zero-order chi connectivity index (χ0) is 13.2. The number of thiazole rings is 1. The van der Waals surface area contributed by atoms with E-state index in [1.54, 1.807) is 31.3 Å². The Balaban J connectivity index is 2.18. The molecule has 0 aliphatic rings. The van der Waals surface area contributed by atoms with Crippen LogP contribution in [0.1, 0.15) is 11.4 Å². The lowest BCUT2D eigenvalue weighted by molar-refractivity contribution is 0.582. The first kappa shape index (κ1) is 12.9. The molecule has 2 rings (SSSR count). The summed E-state index contributed by atoms with van der Waals surface area (Å²) in [6.07, 6.45) is 1.59. The van der Waals surface area contributed by atoms with Crippen LogP contribution in [0.2, 0.25) is 0 Å². The zero-order valence-electron chi connectivity index (χ0n) is 9.50. The third-order valence-electron chi connectivity index (χ3n) is 2.19. The summed E-state index contributed by atoms with van der Waals surface area (Å²) in [5, 5.41) is 0. The molecule has 0 saturated heterocycles. The third-order valence-corrected chi connectivity index (χ3v) is 5.20. The molecule has 8 heteroatoms. The number of rotatable bonds is 4. The van der Waals surface area contributed by atoms with Crippen LogP contribution in [-0.4, -0.2) is 18.4 Å². The predicted molar refractivity (Wildman–Crippen MR) is 67.9 cm³/mol. The van der Waals surface area contributed by atoms with Gasteiger partial charge in [-0.25, -0.2) is 13.1 Å². The van der Waals surface area contributed by atoms with Crippen LogP contribution in [0, 0.1) is 6.92 Å². The third kappa shape index (κ3) is 2.84. The SMILES string of the molecule is Cc1[nH]c(=O)sc1S(=O)(=O)NCc1ccccn1. The van der Waals surface area contributed by atoms with Crippen molar-refractivity contribution in [1.29, 1.82) is 0 Å². The molecule has 0 atom stereocenters. The van der Waals surface area contributed by atoms with Crippen molar-refractivity contribution in [2.45, 2.75) is 17.7 Å². The summed E-state index contributed by atoms with van der Waals surface area (Å²) >= 11 is 0.674. The van der Waals surface area contributed by atoms with Crippen molar-refractivity contribution in [1.82, 2.24) is 14.7 Å². The number of aromatic nitrogens is 2. The van der Waals surface area contributed by atoms with Crippen LogP contribution >= 0.6 is 11.3 Å². The highest BCUT2D eigenvalue weighted by molar-refractivity contribution is 7.91. The van der Waals surface area contributed by atoms with Gasteiger partial charge in [0.1, 0.15) is 0 Å². The number of H-pyrrole nitrogens is 1. The topological polar surface area (TPSA) is 91.9 Å². The molecule has 96 valence electrons. The lowest BCUT2D eigenvalue weighted by atomic mass is 10.4. The van der Waals surface area contributed by atoms with E-state index in [1.807, 2.05) is 0 Å². The van der Waals surface area contributed by atoms with Crippen molar-refractivity contribution in [3.05, 3.63) is 45.5 Å². The summed E-state index contributed by atoms with van der Waals surface area (Å²) in [6, 6.07) is 5.24. The molecule has 0 aliphatic carbocycles. The number of nitrogens with zero attached hydrogens (tertiary/aromatic N) is 1. The second-order valence-electron chi connectivity index (χ2n) is 3.57. The van der Waals surface area contributed by atoms with E-state index in [0.29, 0.717) is 22.7 Å². The largest absolute Gasteiger partial charge is 0.315 e. The molecule has 2 heterocycles. The molecular weight excluding hydrogens is 274 g/mol. The van der Waals surface area contributed by atoms with Gasteiger partial charge in [0.15, 0.2) is 4.21 Å². The summed E-state index contributed by atoms with van der Waals surface area (Å²) in [7, 11) is -3.67. The van der Waals surface area contributed by atoms with Gasteiger partial charge in [0.25, 0.3) is 10.0 Å². The molecule has 2 aromatic heterocycles. The van der Waals surface area contributed by atoms with Crippen LogP contribution in [0.3, 0.4) is 0 Å². The summed E-state index contributed by atoms with van der Waals surface area (Å²) < 4.78 is 26.3. The van der Waals surface area contributed by atoms with E-state index in [9.17, 15) is 13.2 Å². The van der Waals surface area contributed by atoms with Gasteiger partial charge < -0.3 is 4.98 Å². The first-order valence-corrected chi connectivity index (χ1v) is 7.38. The Labute approximate surface area is 108 Å². The van der Waals surface area contributed by atoms with Gasteiger partial charge in [0, 0.05) is 11.9 Å². The minimum Gasteiger partial charge on any atom is -0.315 e. The number of aromatic amines is 1. The quantitative estimate of drug-likeness (QED) is 0.861. The van der Waals surface area contributed by atoms with Gasteiger partial charge in [-0.1, -0.05) is 17.4 Å². The highest BCUT2D eigenvalue weighted by Gasteiger charge is 2.20. The fraction of sp³-hybridized carbons (Fsp3) is 0.200. The highest BCUT2D eigenvalue weighted by atomic mass is 32.2. The first-order valence-electron chi connectivity index (χ1n) is 5.08. The lowest BCUT2D eigenvalue weighted by Crippen LogP contribution is -2.23. The molecule has 0 bridgehead atoms. The summed E-state index contributed by atoms with van der Waals surface area (Å²) in [6.45, 7) is 1.64. The van der Waals surface area contributed by atoms with Crippen LogP contribution < -0.4 is 9.60 Å². The van der Waals surface area contributed by atoms with E-state index in [-0.39, 0.29) is 15.6 Å². The molecule has 0 fully saturated rings. The molecule has 0 amide bonds. The van der Waals surface area contributed by atoms with Gasteiger partial charge >= 0.3 is 4.87 Å². The minimum absolute atomic E-state index is 0.0171. The van der Waals surface area contributed by atoms with E-state index in [2.05, 4.69) is 14.7 Å². The fourth-order valence-electron chi connectivity index (χ4n) is 1.38. The fourth-order valence-corrected chi connectivity index (χ4v) is 3.73. The maximum absolute atomic E-state index is 12.0. The normalized spacial score (nSPS) is 11.6. The van der Waals surface area contributed by atoms with Crippen LogP contribution in [0.15, 0.2) is 33.4 Å². The van der Waals surface area contributed by atoms with Crippen LogP contribution in [0.5, 0.6) is 0 Å². The Morgan fingerprint density at radius 1 is 1.44 bits per heavy atom. The van der Waals surface area contributed by atoms with Crippen LogP contribution in [0.4, 0.5) is 0 Å². The molecule has 0 aliphatic heterocycles. The standard InChI is InChI=1S/C10H11N3O3S2/c1-7-9(17-10(14)13-7)18(15,16)12-6-8-4-2-3-5-11-8/h2-5,12H,6H2,1H3,(H,13,14). The van der Waals surface area contributed by atoms with Crippen molar-refractivity contribution in [2.75, 3.05) is 0 Å². The van der Waals surface area contributed by atoms with Crippen LogP contribution in [0.25, 0.3) is 0 Å². The maximum Gasteiger partial charge on any atom is 0.305 e. The molecule has 2 aromatic rings. The Morgan fingerprint density at radius 3 is 2.78 bits per heavy atom. The van der Waals surface area contributed by atoms with Crippen molar-refractivity contribution in [3.63, 3.8) is 0 Å². The summed E-state index contributed by atoms with van der Waals surface area (Å²) in [4.78, 5) is 17.2. The lowest BCUT2D eigenvalue weighted by Gasteiger charge is -2.04. The summed E-state index contributed by atoms with van der Waals surface area (Å²) in [5.74, 6) is 0. The van der Waals surface area contributed by atoms with Gasteiger partial charge in [-0.15, -0.1) is 0 Å². The van der Waals surface area contributed by atoms with Crippen molar-refractivity contribution >= 4 is 21.4 Å². The van der Waals surface area contributed by atoms with E-state index in [4.69, 9.17) is 0 Å². The first-order chi connectivity index (χ1) is 8.49. The molecule has 0 saturated carbocycles. The number of aryl methyl sites for hydroxylation is 1. The Morgan fingerprint density at radius 2 is 2.22 bits per heavy atom. The average molecular weight is 285 g/mol. The van der Waals surface area contributed by atoms with E-state index in [1.165, 1.54) is 0 Å². The molecule has 0 unspecified atom stereocenters. The average Bonchev–Trinajstić information content (AvgIpc) is 2.68. The number of pyridine rings is 1. The molecule has 18 heavy (non-hydrogen) atoms. The molecule has 6 nitrogen and oxygen atoms in total. The Kier molecular flexibility index (Phi) is 3.60. The molecule has 0 radical (unpaired) electrons. The Hall–Kier alpha value is -1.51. The van der Waals surface area contributed by atoms with E-state index < -0.39 is 10.0 Å². The highest BCUT2D eigenvalue weighted by Crippen LogP contribution is 2.15. The minimum atomic E-state index is -3.67. The number of hydrogen-bond donors (Lipinski definition) is 2. The predicted octanol–water partition coefficient (Wildman–Crippen LogP) is 0.618. The molecular formula is C10H11N3O3S2. The second kappa shape index (κ2) is 5.01. The summed E-state index contributed by atoms with van der Waals surface area (Å²) in [5.41, 5.74) is 0.958. The van der Waals surface area contributed by atoms with Crippen molar-refractivity contribution in [3.8, 4) is 0 Å². The molecule has 2 N–H and O–H groups in total. The van der Waals surface area contributed by atoms with Gasteiger partial charge in [-0.3, -0.25) is 9.78 Å².